The van der Waals surface area contributed by atoms with Crippen LogP contribution in [0.15, 0.2) is 15.5 Å². The minimum atomic E-state index is -0.386. The summed E-state index contributed by atoms with van der Waals surface area (Å²) in [6.45, 7) is 10.3. The van der Waals surface area contributed by atoms with E-state index in [-0.39, 0.29) is 29.9 Å². The Labute approximate surface area is 185 Å². The van der Waals surface area contributed by atoms with Crippen LogP contribution in [-0.4, -0.2) is 56.2 Å². The summed E-state index contributed by atoms with van der Waals surface area (Å²) in [6, 6.07) is 2.41. The minimum absolute atomic E-state index is 0. The van der Waals surface area contributed by atoms with E-state index in [1.807, 2.05) is 6.92 Å². The summed E-state index contributed by atoms with van der Waals surface area (Å²) in [4.78, 5) is 18.8. The van der Waals surface area contributed by atoms with Crippen molar-refractivity contribution in [2.24, 2.45) is 4.99 Å². The van der Waals surface area contributed by atoms with E-state index in [1.54, 1.807) is 13.0 Å². The van der Waals surface area contributed by atoms with E-state index in [0.717, 1.165) is 25.6 Å². The molecule has 8 heteroatoms. The number of nitrogens with one attached hydrogen (secondary N) is 2. The van der Waals surface area contributed by atoms with Gasteiger partial charge in [0.1, 0.15) is 23.6 Å². The summed E-state index contributed by atoms with van der Waals surface area (Å²) in [5.74, 6) is 1.58. The Morgan fingerprint density at radius 3 is 2.82 bits per heavy atom. The Kier molecular flexibility index (Phi) is 11.5. The molecule has 2 N–H and O–H groups in total. The predicted molar refractivity (Wildman–Crippen MR) is 123 cm³/mol. The van der Waals surface area contributed by atoms with Crippen LogP contribution in [0.25, 0.3) is 0 Å². The standard InChI is InChI=1S/C20H34N4O3.HI/c1-5-16-9-7-8-11-24(16)12-10-22-20(21-6-2)23-14-17-13-18(15(3)27-17)19(25)26-4;/h13,16H,5-12,14H2,1-4H3,(H2,21,22,23);1H. The molecule has 0 aromatic carbocycles. The molecule has 0 radical (unpaired) electrons. The molecule has 2 rings (SSSR count). The largest absolute Gasteiger partial charge is 0.465 e. The van der Waals surface area contributed by atoms with Gasteiger partial charge < -0.3 is 19.8 Å². The van der Waals surface area contributed by atoms with Gasteiger partial charge >= 0.3 is 5.97 Å². The highest BCUT2D eigenvalue weighted by molar-refractivity contribution is 14.0. The molecule has 7 nitrogen and oxygen atoms in total. The Morgan fingerprint density at radius 2 is 2.14 bits per heavy atom. The first kappa shape index (κ1) is 24.7. The van der Waals surface area contributed by atoms with Crippen LogP contribution >= 0.6 is 24.0 Å². The van der Waals surface area contributed by atoms with Crippen LogP contribution in [0.2, 0.25) is 0 Å². The van der Waals surface area contributed by atoms with Gasteiger partial charge in [-0.2, -0.15) is 0 Å². The molecule has 1 atom stereocenters. The molecule has 1 unspecified atom stereocenters. The molecule has 0 spiro atoms. The lowest BCUT2D eigenvalue weighted by Gasteiger charge is -2.35. The lowest BCUT2D eigenvalue weighted by molar-refractivity contribution is 0.0599. The summed E-state index contributed by atoms with van der Waals surface area (Å²) in [6.07, 6.45) is 5.17. The van der Waals surface area contributed by atoms with E-state index < -0.39 is 0 Å². The second-order valence-corrected chi connectivity index (χ2v) is 6.89. The second kappa shape index (κ2) is 13.0. The van der Waals surface area contributed by atoms with Crippen molar-refractivity contribution in [2.75, 3.05) is 33.3 Å². The summed E-state index contributed by atoms with van der Waals surface area (Å²) in [7, 11) is 1.37. The quantitative estimate of drug-likeness (QED) is 0.244. The molecule has 1 fully saturated rings. The molecule has 1 aliphatic heterocycles. The fourth-order valence-corrected chi connectivity index (χ4v) is 3.57. The van der Waals surface area contributed by atoms with Gasteiger partial charge in [-0.05, 0) is 45.7 Å². The van der Waals surface area contributed by atoms with Crippen LogP contribution in [0, 0.1) is 6.92 Å². The highest BCUT2D eigenvalue weighted by Gasteiger charge is 2.20. The van der Waals surface area contributed by atoms with Crippen LogP contribution in [0.5, 0.6) is 0 Å². The van der Waals surface area contributed by atoms with E-state index in [1.165, 1.54) is 39.3 Å². The SMILES string of the molecule is CCNC(=NCc1cc(C(=O)OC)c(C)o1)NCCN1CCCCC1CC.I. The first-order chi connectivity index (χ1) is 13.1. The number of methoxy groups -OCH3 is 1. The number of aliphatic imine (C=N–C) groups is 1. The molecular weight excluding hydrogens is 471 g/mol. The van der Waals surface area contributed by atoms with Gasteiger partial charge in [0.05, 0.1) is 7.11 Å². The Hall–Kier alpha value is -1.29. The number of guanidine groups is 1. The number of nitrogens with zero attached hydrogens (tertiary/aromatic N) is 2. The van der Waals surface area contributed by atoms with Gasteiger partial charge in [0, 0.05) is 25.7 Å². The van der Waals surface area contributed by atoms with Crippen molar-refractivity contribution < 1.29 is 13.9 Å². The van der Waals surface area contributed by atoms with Crippen LogP contribution in [0.3, 0.4) is 0 Å². The maximum Gasteiger partial charge on any atom is 0.341 e. The van der Waals surface area contributed by atoms with Gasteiger partial charge in [0.2, 0.25) is 0 Å². The summed E-state index contributed by atoms with van der Waals surface area (Å²) in [5.41, 5.74) is 0.455. The molecule has 1 saturated heterocycles. The van der Waals surface area contributed by atoms with E-state index in [4.69, 9.17) is 9.15 Å². The van der Waals surface area contributed by atoms with Crippen LogP contribution in [0.4, 0.5) is 0 Å². The topological polar surface area (TPSA) is 79.1 Å². The average Bonchev–Trinajstić information content (AvgIpc) is 3.06. The van der Waals surface area contributed by atoms with Crippen molar-refractivity contribution >= 4 is 35.9 Å². The van der Waals surface area contributed by atoms with Crippen molar-refractivity contribution in [2.45, 2.75) is 59.0 Å². The normalized spacial score (nSPS) is 17.7. The van der Waals surface area contributed by atoms with Gasteiger partial charge in [-0.1, -0.05) is 13.3 Å². The highest BCUT2D eigenvalue weighted by atomic mass is 127. The fourth-order valence-electron chi connectivity index (χ4n) is 3.57. The summed E-state index contributed by atoms with van der Waals surface area (Å²) in [5, 5.41) is 6.66. The molecule has 0 aliphatic carbocycles. The molecule has 0 bridgehead atoms. The molecule has 1 aliphatic rings. The minimum Gasteiger partial charge on any atom is -0.465 e. The molecule has 0 amide bonds. The van der Waals surface area contributed by atoms with Crippen LogP contribution in [0.1, 0.15) is 61.4 Å². The number of furan rings is 1. The fraction of sp³-hybridized carbons (Fsp3) is 0.700. The third-order valence-electron chi connectivity index (χ3n) is 5.02. The van der Waals surface area contributed by atoms with Crippen LogP contribution < -0.4 is 10.6 Å². The maximum absolute atomic E-state index is 11.7. The molecular formula is C20H35IN4O3. The van der Waals surface area contributed by atoms with Gasteiger partial charge in [0.25, 0.3) is 0 Å². The number of ether oxygens (including phenoxy) is 1. The molecule has 2 heterocycles. The predicted octanol–water partition coefficient (Wildman–Crippen LogP) is 3.31. The van der Waals surface area contributed by atoms with Crippen molar-refractivity contribution in [3.05, 3.63) is 23.2 Å². The molecule has 0 saturated carbocycles. The number of piperidine rings is 1. The number of halogens is 1. The van der Waals surface area contributed by atoms with Gasteiger partial charge in [0.15, 0.2) is 5.96 Å². The number of rotatable bonds is 8. The Morgan fingerprint density at radius 1 is 1.36 bits per heavy atom. The number of likely N-dealkylation sites (tertiary alicyclic amines) is 1. The highest BCUT2D eigenvalue weighted by Crippen LogP contribution is 2.18. The average molecular weight is 506 g/mol. The lowest BCUT2D eigenvalue weighted by Crippen LogP contribution is -2.45. The van der Waals surface area contributed by atoms with Crippen molar-refractivity contribution in [3.63, 3.8) is 0 Å². The zero-order valence-electron chi connectivity index (χ0n) is 17.5. The molecule has 160 valence electrons. The third kappa shape index (κ3) is 7.27. The van der Waals surface area contributed by atoms with E-state index in [9.17, 15) is 4.79 Å². The number of carbonyl (C=O) groups is 1. The number of aryl methyl sites for hydroxylation is 1. The smallest absolute Gasteiger partial charge is 0.341 e. The van der Waals surface area contributed by atoms with Gasteiger partial charge in [-0.25, -0.2) is 9.79 Å². The number of carbonyl (C=O) groups excluding carboxylic acids is 1. The number of hydrogen-bond donors (Lipinski definition) is 2. The first-order valence-corrected chi connectivity index (χ1v) is 10.0. The first-order valence-electron chi connectivity index (χ1n) is 10.0. The van der Waals surface area contributed by atoms with Crippen molar-refractivity contribution in [1.29, 1.82) is 0 Å². The van der Waals surface area contributed by atoms with E-state index in [2.05, 4.69) is 27.4 Å². The van der Waals surface area contributed by atoms with Gasteiger partial charge in [-0.3, -0.25) is 4.90 Å². The molecule has 1 aromatic heterocycles. The van der Waals surface area contributed by atoms with Crippen molar-refractivity contribution in [1.82, 2.24) is 15.5 Å². The zero-order valence-corrected chi connectivity index (χ0v) is 19.9. The summed E-state index contributed by atoms with van der Waals surface area (Å²) >= 11 is 0. The molecule has 28 heavy (non-hydrogen) atoms. The zero-order chi connectivity index (χ0) is 19.6. The van der Waals surface area contributed by atoms with E-state index in [0.29, 0.717) is 29.7 Å². The third-order valence-corrected chi connectivity index (χ3v) is 5.02. The number of esters is 1. The number of hydrogen-bond acceptors (Lipinski definition) is 5. The Balaban J connectivity index is 0.00000392. The van der Waals surface area contributed by atoms with Crippen molar-refractivity contribution in [3.8, 4) is 0 Å². The monoisotopic (exact) mass is 506 g/mol. The second-order valence-electron chi connectivity index (χ2n) is 6.89. The maximum atomic E-state index is 11.7. The van der Waals surface area contributed by atoms with Crippen LogP contribution in [-0.2, 0) is 11.3 Å². The molecule has 1 aromatic rings. The van der Waals surface area contributed by atoms with E-state index >= 15 is 0 Å². The summed E-state index contributed by atoms with van der Waals surface area (Å²) < 4.78 is 10.4. The van der Waals surface area contributed by atoms with Gasteiger partial charge in [-0.15, -0.1) is 24.0 Å². The Bertz CT molecular complexity index is 633. The lowest BCUT2D eigenvalue weighted by atomic mass is 10.0.